The number of halogens is 5. The van der Waals surface area contributed by atoms with E-state index in [4.69, 9.17) is 0 Å². The number of amides is 2. The minimum Gasteiger partial charge on any atom is -0.349 e. The first kappa shape index (κ1) is 28.3. The van der Waals surface area contributed by atoms with Gasteiger partial charge in [0.15, 0.2) is 11.3 Å². The molecule has 2 amide bonds. The van der Waals surface area contributed by atoms with Crippen molar-refractivity contribution < 1.29 is 31.5 Å². The molecule has 0 bridgehead atoms. The van der Waals surface area contributed by atoms with Gasteiger partial charge in [-0.1, -0.05) is 0 Å². The number of fused-ring (bicyclic) bond motifs is 1. The average molecular weight is 586 g/mol. The maximum Gasteiger partial charge on any atom is 0.389 e. The van der Waals surface area contributed by atoms with Crippen LogP contribution in [-0.4, -0.2) is 47.3 Å². The molecular weight excluding hydrogens is 557 g/mol. The van der Waals surface area contributed by atoms with Crippen molar-refractivity contribution in [3.63, 3.8) is 0 Å². The van der Waals surface area contributed by atoms with Gasteiger partial charge in [-0.05, 0) is 56.1 Å². The number of rotatable bonds is 9. The van der Waals surface area contributed by atoms with E-state index in [2.05, 4.69) is 29.5 Å². The molecule has 1 unspecified atom stereocenters. The van der Waals surface area contributed by atoms with Crippen molar-refractivity contribution >= 4 is 29.2 Å². The Morgan fingerprint density at radius 2 is 1.80 bits per heavy atom. The molecule has 40 heavy (non-hydrogen) atoms. The van der Waals surface area contributed by atoms with Crippen molar-refractivity contribution in [3.8, 4) is 0 Å². The van der Waals surface area contributed by atoms with Gasteiger partial charge in [-0.25, -0.2) is 18.3 Å². The first-order valence-electron chi connectivity index (χ1n) is 13.1. The van der Waals surface area contributed by atoms with E-state index in [0.717, 1.165) is 24.6 Å². The highest BCUT2D eigenvalue weighted by atomic mass is 32.1. The number of hydrogen-bond acceptors (Lipinski definition) is 7. The number of aryl methyl sites for hydroxylation is 1. The van der Waals surface area contributed by atoms with Crippen molar-refractivity contribution in [3.05, 3.63) is 41.1 Å². The summed E-state index contributed by atoms with van der Waals surface area (Å²) in [4.78, 5) is 29.9. The molecule has 9 nitrogen and oxygen atoms in total. The third-order valence-corrected chi connectivity index (χ3v) is 8.09. The molecule has 0 aliphatic heterocycles. The van der Waals surface area contributed by atoms with Gasteiger partial charge in [-0.3, -0.25) is 9.59 Å². The van der Waals surface area contributed by atoms with Gasteiger partial charge in [0, 0.05) is 19.3 Å². The minimum absolute atomic E-state index is 0.0828. The fourth-order valence-corrected chi connectivity index (χ4v) is 5.66. The van der Waals surface area contributed by atoms with E-state index in [1.54, 1.807) is 19.2 Å². The number of carbonyl (C=O) groups is 2. The lowest BCUT2D eigenvalue weighted by Crippen LogP contribution is -2.37. The van der Waals surface area contributed by atoms with Crippen LogP contribution in [0.15, 0.2) is 18.5 Å². The Kier molecular flexibility index (Phi) is 7.77. The highest BCUT2D eigenvalue weighted by Crippen LogP contribution is 2.43. The molecule has 2 fully saturated rings. The fourth-order valence-electron chi connectivity index (χ4n) is 5.11. The third-order valence-electron chi connectivity index (χ3n) is 7.47. The SMILES string of the molecule is Cc1nsnc1C(=O)N[C@H](c1cn2ncc(C(NC(=O)CCC(F)(F)F)C3CC3)cc2n1)C1CCC(F)(F)CC1. The fraction of sp³-hybridized carbons (Fsp3) is 0.600. The molecule has 216 valence electrons. The van der Waals surface area contributed by atoms with Crippen LogP contribution >= 0.6 is 11.7 Å². The standard InChI is InChI=1S/C25H28F5N7O2S/c1-13-20(36-40-35-13)23(39)34-22(15-4-7-24(26,27)8-5-15)17-12-37-18(32-17)10-16(11-31-37)21(14-2-3-14)33-19(38)6-9-25(28,29)30/h10-12,14-15,21-22H,2-9H2,1H3,(H,33,38)(H,34,39)/t21?,22-/m0/s1. The van der Waals surface area contributed by atoms with Gasteiger partial charge in [0.1, 0.15) is 0 Å². The van der Waals surface area contributed by atoms with Crippen LogP contribution in [0.25, 0.3) is 5.65 Å². The molecule has 2 atom stereocenters. The second-order valence-corrected chi connectivity index (χ2v) is 11.1. The largest absolute Gasteiger partial charge is 0.389 e. The van der Waals surface area contributed by atoms with Gasteiger partial charge in [0.25, 0.3) is 5.91 Å². The van der Waals surface area contributed by atoms with E-state index < -0.39 is 48.8 Å². The summed E-state index contributed by atoms with van der Waals surface area (Å²) in [5, 5.41) is 10.0. The van der Waals surface area contributed by atoms with E-state index >= 15 is 0 Å². The Morgan fingerprint density at radius 3 is 2.42 bits per heavy atom. The molecule has 2 aliphatic rings. The van der Waals surface area contributed by atoms with Gasteiger partial charge in [0.2, 0.25) is 11.8 Å². The Labute approximate surface area is 230 Å². The lowest BCUT2D eigenvalue weighted by Gasteiger charge is -2.33. The molecule has 2 N–H and O–H groups in total. The van der Waals surface area contributed by atoms with E-state index in [1.165, 1.54) is 10.7 Å². The molecule has 3 heterocycles. The summed E-state index contributed by atoms with van der Waals surface area (Å²) in [6.45, 7) is 1.66. The monoisotopic (exact) mass is 585 g/mol. The zero-order valence-electron chi connectivity index (χ0n) is 21.5. The summed E-state index contributed by atoms with van der Waals surface area (Å²) in [5.74, 6) is -4.14. The Morgan fingerprint density at radius 1 is 1.10 bits per heavy atom. The van der Waals surface area contributed by atoms with Crippen molar-refractivity contribution in [2.75, 3.05) is 0 Å². The van der Waals surface area contributed by atoms with Crippen LogP contribution in [0, 0.1) is 18.8 Å². The molecule has 2 saturated carbocycles. The van der Waals surface area contributed by atoms with Crippen LogP contribution in [0.5, 0.6) is 0 Å². The highest BCUT2D eigenvalue weighted by Gasteiger charge is 2.40. The molecule has 0 radical (unpaired) electrons. The zero-order valence-corrected chi connectivity index (χ0v) is 22.4. The van der Waals surface area contributed by atoms with Crippen molar-refractivity contribution in [1.29, 1.82) is 0 Å². The normalized spacial score (nSPS) is 19.4. The summed E-state index contributed by atoms with van der Waals surface area (Å²) in [5.41, 5.74) is 2.06. The van der Waals surface area contributed by atoms with Gasteiger partial charge in [-0.2, -0.15) is 27.0 Å². The van der Waals surface area contributed by atoms with E-state index in [1.807, 2.05) is 0 Å². The van der Waals surface area contributed by atoms with Crippen LogP contribution in [0.1, 0.15) is 90.9 Å². The Hall–Kier alpha value is -3.23. The maximum absolute atomic E-state index is 13.9. The van der Waals surface area contributed by atoms with Gasteiger partial charge < -0.3 is 10.6 Å². The van der Waals surface area contributed by atoms with Gasteiger partial charge in [0.05, 0.1) is 54.0 Å². The summed E-state index contributed by atoms with van der Waals surface area (Å²) >= 11 is 0.901. The molecule has 0 aromatic carbocycles. The summed E-state index contributed by atoms with van der Waals surface area (Å²) in [7, 11) is 0. The first-order valence-corrected chi connectivity index (χ1v) is 13.8. The predicted molar refractivity (Wildman–Crippen MR) is 134 cm³/mol. The lowest BCUT2D eigenvalue weighted by molar-refractivity contribution is -0.144. The van der Waals surface area contributed by atoms with E-state index in [0.29, 0.717) is 22.6 Å². The second-order valence-electron chi connectivity index (χ2n) is 10.6. The number of carbonyl (C=O) groups excluding carboxylic acids is 2. The minimum atomic E-state index is -4.42. The highest BCUT2D eigenvalue weighted by molar-refractivity contribution is 6.99. The quantitative estimate of drug-likeness (QED) is 0.338. The number of alkyl halides is 5. The molecule has 0 spiro atoms. The number of aromatic nitrogens is 5. The Bertz CT molecular complexity index is 1380. The molecule has 3 aromatic rings. The van der Waals surface area contributed by atoms with Crippen molar-refractivity contribution in [1.82, 2.24) is 34.0 Å². The van der Waals surface area contributed by atoms with Crippen LogP contribution in [0.3, 0.4) is 0 Å². The Balaban J connectivity index is 1.39. The molecule has 5 rings (SSSR count). The van der Waals surface area contributed by atoms with Crippen molar-refractivity contribution in [2.45, 2.75) is 82.5 Å². The van der Waals surface area contributed by atoms with E-state index in [9.17, 15) is 31.5 Å². The van der Waals surface area contributed by atoms with Gasteiger partial charge in [-0.15, -0.1) is 0 Å². The smallest absolute Gasteiger partial charge is 0.349 e. The number of imidazole rings is 1. The number of nitrogens with one attached hydrogen (secondary N) is 2. The molecule has 15 heteroatoms. The maximum atomic E-state index is 13.9. The summed E-state index contributed by atoms with van der Waals surface area (Å²) in [6, 6.07) is 0.511. The van der Waals surface area contributed by atoms with Crippen LogP contribution < -0.4 is 10.6 Å². The van der Waals surface area contributed by atoms with Crippen molar-refractivity contribution in [2.24, 2.45) is 11.8 Å². The lowest BCUT2D eigenvalue weighted by atomic mass is 9.81. The molecule has 3 aromatic heterocycles. The van der Waals surface area contributed by atoms with Crippen LogP contribution in [-0.2, 0) is 4.79 Å². The second kappa shape index (κ2) is 11.0. The molecular formula is C25H28F5N7O2S. The summed E-state index contributed by atoms with van der Waals surface area (Å²) < 4.78 is 75.1. The van der Waals surface area contributed by atoms with E-state index in [-0.39, 0.29) is 43.2 Å². The zero-order chi connectivity index (χ0) is 28.7. The summed E-state index contributed by atoms with van der Waals surface area (Å²) in [6.07, 6.45) is -1.71. The van der Waals surface area contributed by atoms with Crippen LogP contribution in [0.4, 0.5) is 22.0 Å². The predicted octanol–water partition coefficient (Wildman–Crippen LogP) is 5.10. The first-order chi connectivity index (χ1) is 18.9. The topological polar surface area (TPSA) is 114 Å². The molecule has 0 saturated heterocycles. The van der Waals surface area contributed by atoms with Crippen LogP contribution in [0.2, 0.25) is 0 Å². The third kappa shape index (κ3) is 6.73. The molecule has 2 aliphatic carbocycles. The number of nitrogens with zero attached hydrogens (tertiary/aromatic N) is 5. The average Bonchev–Trinajstić information content (AvgIpc) is 3.49. The van der Waals surface area contributed by atoms with Gasteiger partial charge >= 0.3 is 6.18 Å². The number of hydrogen-bond donors (Lipinski definition) is 2.